The van der Waals surface area contributed by atoms with Gasteiger partial charge in [0.2, 0.25) is 5.91 Å². The molecule has 2 fully saturated rings. The van der Waals surface area contributed by atoms with Crippen LogP contribution in [0.5, 0.6) is 0 Å². The maximum absolute atomic E-state index is 12.3. The molecule has 0 spiro atoms. The molecule has 0 saturated carbocycles. The summed E-state index contributed by atoms with van der Waals surface area (Å²) in [6, 6.07) is 8.17. The predicted molar refractivity (Wildman–Crippen MR) is 84.2 cm³/mol. The van der Waals surface area contributed by atoms with Gasteiger partial charge in [0.05, 0.1) is 6.04 Å². The van der Waals surface area contributed by atoms with E-state index in [0.29, 0.717) is 23.7 Å². The van der Waals surface area contributed by atoms with Crippen molar-refractivity contribution in [2.24, 2.45) is 0 Å². The quantitative estimate of drug-likeness (QED) is 0.453. The number of carbonyl (C=O) groups is 2. The Hall–Kier alpha value is -0.930. The van der Waals surface area contributed by atoms with E-state index in [0.717, 1.165) is 5.56 Å². The van der Waals surface area contributed by atoms with E-state index in [2.05, 4.69) is 0 Å². The van der Waals surface area contributed by atoms with Crippen LogP contribution in [0.25, 0.3) is 0 Å². The van der Waals surface area contributed by atoms with Crippen molar-refractivity contribution < 1.29 is 22.6 Å². The molecule has 3 rings (SSSR count). The molecule has 1 N–H and O–H groups in total. The van der Waals surface area contributed by atoms with Gasteiger partial charge in [-0.2, -0.15) is 8.42 Å². The van der Waals surface area contributed by atoms with Crippen LogP contribution >= 0.6 is 0 Å². The molecule has 2 amide bonds. The Bertz CT molecular complexity index is 709. The molecule has 0 unspecified atom stereocenters. The van der Waals surface area contributed by atoms with E-state index < -0.39 is 28.3 Å². The number of likely N-dealkylation sites (tertiary alicyclic amines) is 1. The Labute approximate surface area is 156 Å². The Morgan fingerprint density at radius 2 is 1.91 bits per heavy atom. The van der Waals surface area contributed by atoms with Gasteiger partial charge in [-0.15, -0.1) is 0 Å². The van der Waals surface area contributed by atoms with E-state index in [9.17, 15) is 18.0 Å². The molecule has 2 saturated heterocycles. The van der Waals surface area contributed by atoms with Crippen LogP contribution in [-0.2, 0) is 26.3 Å². The topological polar surface area (TPSA) is 95.0 Å². The molecule has 2 atom stereocenters. The Morgan fingerprint density at radius 1 is 1.26 bits per heavy atom. The minimum atomic E-state index is -4.53. The first-order valence-electron chi connectivity index (χ1n) is 7.03. The van der Waals surface area contributed by atoms with Gasteiger partial charge in [0.15, 0.2) is 0 Å². The number of β-lactam (4-membered cyclic amide) rings is 1. The number of benzene rings is 1. The van der Waals surface area contributed by atoms with Crippen LogP contribution in [0, 0.1) is 0 Å². The second-order valence-corrected chi connectivity index (χ2v) is 6.77. The normalized spacial score (nSPS) is 23.1. The summed E-state index contributed by atoms with van der Waals surface area (Å²) in [6.07, 6.45) is 1.21. The Kier molecular flexibility index (Phi) is 5.52. The van der Waals surface area contributed by atoms with Crippen molar-refractivity contribution in [3.63, 3.8) is 0 Å². The third-order valence-corrected chi connectivity index (χ3v) is 5.12. The fraction of sp³-hybridized carbons (Fsp3) is 0.429. The van der Waals surface area contributed by atoms with Gasteiger partial charge in [-0.1, -0.05) is 30.3 Å². The average Bonchev–Trinajstić information content (AvgIpc) is 2.83. The average molecular weight is 348 g/mol. The van der Waals surface area contributed by atoms with Crippen molar-refractivity contribution in [1.82, 2.24) is 9.21 Å². The van der Waals surface area contributed by atoms with Crippen molar-refractivity contribution in [3.8, 4) is 0 Å². The summed E-state index contributed by atoms with van der Waals surface area (Å²) >= 11 is 0. The molecule has 23 heavy (non-hydrogen) atoms. The molecule has 7 nitrogen and oxygen atoms in total. The number of rotatable bonds is 4. The van der Waals surface area contributed by atoms with Gasteiger partial charge in [-0.3, -0.25) is 14.1 Å². The van der Waals surface area contributed by atoms with Crippen molar-refractivity contribution in [3.05, 3.63) is 35.9 Å². The summed E-state index contributed by atoms with van der Waals surface area (Å²) in [5, 5.41) is 0. The van der Waals surface area contributed by atoms with Gasteiger partial charge in [-0.05, 0) is 18.4 Å². The molecule has 1 aromatic rings. The first-order chi connectivity index (χ1) is 10.4. The van der Waals surface area contributed by atoms with Crippen LogP contribution in [0.1, 0.15) is 18.4 Å². The Morgan fingerprint density at radius 3 is 2.52 bits per heavy atom. The predicted octanol–water partition coefficient (Wildman–Crippen LogP) is -0.415. The third kappa shape index (κ3) is 3.46. The van der Waals surface area contributed by atoms with Crippen molar-refractivity contribution in [2.75, 3.05) is 6.54 Å². The van der Waals surface area contributed by atoms with Crippen LogP contribution in [0.4, 0.5) is 0 Å². The number of aryl methyl sites for hydroxylation is 1. The van der Waals surface area contributed by atoms with E-state index in [1.165, 1.54) is 4.90 Å². The number of fused-ring (bicyclic) bond motifs is 1. The number of amides is 2. The summed E-state index contributed by atoms with van der Waals surface area (Å²) < 4.78 is 31.7. The molecule has 1 aromatic carbocycles. The number of hydrogen-bond donors (Lipinski definition) is 1. The summed E-state index contributed by atoms with van der Waals surface area (Å²) in [5.74, 6) is -0.891. The summed E-state index contributed by atoms with van der Waals surface area (Å²) in [7, 11) is -4.53. The van der Waals surface area contributed by atoms with Gasteiger partial charge in [0.25, 0.3) is 5.91 Å². The van der Waals surface area contributed by atoms with Crippen LogP contribution in [-0.4, -0.2) is 82.2 Å². The molecule has 0 aromatic heterocycles. The van der Waals surface area contributed by atoms with Crippen molar-refractivity contribution in [2.45, 2.75) is 31.3 Å². The van der Waals surface area contributed by atoms with Crippen LogP contribution in [0.15, 0.2) is 30.3 Å². The second kappa shape index (κ2) is 6.90. The maximum atomic E-state index is 12.3. The molecule has 2 heterocycles. The molecule has 0 aliphatic carbocycles. The zero-order chi connectivity index (χ0) is 15.9. The molecular weight excluding hydrogens is 331 g/mol. The number of carbonyl (C=O) groups excluding carboxylic acids is 2. The van der Waals surface area contributed by atoms with Gasteiger partial charge in [0, 0.05) is 13.0 Å². The van der Waals surface area contributed by atoms with Crippen LogP contribution < -0.4 is 0 Å². The van der Waals surface area contributed by atoms with Gasteiger partial charge in [-0.25, -0.2) is 4.31 Å². The van der Waals surface area contributed by atoms with Crippen LogP contribution in [0.2, 0.25) is 0 Å². The first kappa shape index (κ1) is 18.4. The Balaban J connectivity index is 0.00000192. The molecule has 2 aliphatic rings. The summed E-state index contributed by atoms with van der Waals surface area (Å²) in [4.78, 5) is 25.6. The van der Waals surface area contributed by atoms with Gasteiger partial charge in [0.1, 0.15) is 6.04 Å². The summed E-state index contributed by atoms with van der Waals surface area (Å²) in [6.45, 7) is 0.334. The standard InChI is InChI=1S/C14H16N2O5S.Na.H/c17-12(7-6-10-4-2-1-3-5-10)15-9-8-11-13(15)14(18)16(11)22(19,20)21;;/h1-5,11,13H,6-9H2,(H,19,20,21);;/t11-,13+;;/m1../s1. The van der Waals surface area contributed by atoms with Gasteiger partial charge < -0.3 is 4.90 Å². The van der Waals surface area contributed by atoms with E-state index in [1.807, 2.05) is 30.3 Å². The van der Waals surface area contributed by atoms with Gasteiger partial charge >= 0.3 is 39.9 Å². The first-order valence-corrected chi connectivity index (χ1v) is 8.43. The van der Waals surface area contributed by atoms with Crippen molar-refractivity contribution in [1.29, 1.82) is 0 Å². The van der Waals surface area contributed by atoms with E-state index in [-0.39, 0.29) is 41.9 Å². The SMILES string of the molecule is O=C(CCc1ccccc1)N1CC[C@@H]2[C@H]1C(=O)N2S(=O)(=O)O.[NaH]. The van der Waals surface area contributed by atoms with E-state index in [1.54, 1.807) is 0 Å². The molecule has 120 valence electrons. The molecule has 0 bridgehead atoms. The molecule has 0 radical (unpaired) electrons. The fourth-order valence-corrected chi connectivity index (χ4v) is 4.03. The number of hydrogen-bond acceptors (Lipinski definition) is 4. The van der Waals surface area contributed by atoms with E-state index in [4.69, 9.17) is 4.55 Å². The summed E-state index contributed by atoms with van der Waals surface area (Å²) in [5.41, 5.74) is 1.03. The minimum absolute atomic E-state index is 0. The molecule has 9 heteroatoms. The monoisotopic (exact) mass is 348 g/mol. The zero-order valence-electron chi connectivity index (χ0n) is 11.8. The van der Waals surface area contributed by atoms with Crippen LogP contribution in [0.3, 0.4) is 0 Å². The van der Waals surface area contributed by atoms with E-state index >= 15 is 0 Å². The van der Waals surface area contributed by atoms with Crippen molar-refractivity contribution >= 4 is 51.7 Å². The number of nitrogens with zero attached hydrogens (tertiary/aromatic N) is 2. The third-order valence-electron chi connectivity index (χ3n) is 4.18. The zero-order valence-corrected chi connectivity index (χ0v) is 12.6. The second-order valence-electron chi connectivity index (χ2n) is 5.49. The fourth-order valence-electron chi connectivity index (χ4n) is 3.14. The molecule has 2 aliphatic heterocycles. The molecular formula is C14H17N2NaO5S.